The van der Waals surface area contributed by atoms with E-state index in [1.807, 2.05) is 6.07 Å². The van der Waals surface area contributed by atoms with Gasteiger partial charge in [0, 0.05) is 6.92 Å². The van der Waals surface area contributed by atoms with Gasteiger partial charge in [0.05, 0.1) is 13.7 Å². The molecule has 2 rings (SSSR count). The van der Waals surface area contributed by atoms with Gasteiger partial charge in [-0.3, -0.25) is 0 Å². The van der Waals surface area contributed by atoms with Crippen LogP contribution in [0.1, 0.15) is 25.5 Å². The molecule has 21 heavy (non-hydrogen) atoms. The number of carbonyl (C=O) groups excluding carboxylic acids is 1. The monoisotopic (exact) mass is 288 g/mol. The van der Waals surface area contributed by atoms with E-state index in [0.717, 1.165) is 0 Å². The lowest BCUT2D eigenvalue weighted by Gasteiger charge is -2.24. The number of methoxy groups -OCH3 is 1. The molecule has 0 spiro atoms. The molecule has 0 saturated carbocycles. The molecule has 6 heteroatoms. The fourth-order valence-electron chi connectivity index (χ4n) is 2.23. The SMILES string of the molecule is CCOC(=O)C1(C#N)OC(C)=NC1c1cccc(OC)c1. The lowest BCUT2D eigenvalue weighted by atomic mass is 9.90. The van der Waals surface area contributed by atoms with Crippen LogP contribution >= 0.6 is 0 Å². The molecule has 1 aliphatic heterocycles. The molecule has 0 radical (unpaired) electrons. The normalized spacial score (nSPS) is 23.7. The molecule has 0 saturated heterocycles. The Balaban J connectivity index is 2.47. The third-order valence-electron chi connectivity index (χ3n) is 3.16. The highest BCUT2D eigenvalue weighted by molar-refractivity contribution is 5.91. The molecule has 1 aromatic rings. The number of hydrogen-bond donors (Lipinski definition) is 0. The number of rotatable bonds is 4. The van der Waals surface area contributed by atoms with Crippen LogP contribution in [0.15, 0.2) is 29.3 Å². The third-order valence-corrected chi connectivity index (χ3v) is 3.16. The summed E-state index contributed by atoms with van der Waals surface area (Å²) in [5.74, 6) is 0.154. The minimum absolute atomic E-state index is 0.162. The number of benzene rings is 1. The van der Waals surface area contributed by atoms with Crippen LogP contribution in [0.25, 0.3) is 0 Å². The summed E-state index contributed by atoms with van der Waals surface area (Å²) in [4.78, 5) is 16.5. The highest BCUT2D eigenvalue weighted by Crippen LogP contribution is 2.39. The molecule has 0 aliphatic carbocycles. The van der Waals surface area contributed by atoms with Crippen LogP contribution < -0.4 is 4.74 Å². The second-order valence-electron chi connectivity index (χ2n) is 4.50. The van der Waals surface area contributed by atoms with E-state index >= 15 is 0 Å². The number of carbonyl (C=O) groups is 1. The molecule has 2 atom stereocenters. The summed E-state index contributed by atoms with van der Waals surface area (Å²) < 4.78 is 15.6. The molecule has 1 aromatic carbocycles. The Hall–Kier alpha value is -2.55. The predicted octanol–water partition coefficient (Wildman–Crippen LogP) is 2.01. The fraction of sp³-hybridized carbons (Fsp3) is 0.400. The Bertz CT molecular complexity index is 620. The molecule has 1 aliphatic rings. The maximum atomic E-state index is 12.2. The molecular formula is C15H16N2O4. The number of nitriles is 1. The standard InChI is InChI=1S/C15H16N2O4/c1-4-20-14(18)15(9-16)13(17-10(2)21-15)11-6-5-7-12(8-11)19-3/h5-8,13H,4H2,1-3H3. The first kappa shape index (κ1) is 14.9. The van der Waals surface area contributed by atoms with Crippen LogP contribution in [-0.4, -0.2) is 31.2 Å². The molecule has 0 amide bonds. The van der Waals surface area contributed by atoms with Crippen molar-refractivity contribution in [2.45, 2.75) is 25.5 Å². The maximum absolute atomic E-state index is 12.2. The molecule has 6 nitrogen and oxygen atoms in total. The van der Waals surface area contributed by atoms with Gasteiger partial charge in [-0.15, -0.1) is 0 Å². The zero-order valence-electron chi connectivity index (χ0n) is 12.1. The van der Waals surface area contributed by atoms with E-state index in [9.17, 15) is 10.1 Å². The van der Waals surface area contributed by atoms with Crippen molar-refractivity contribution < 1.29 is 19.0 Å². The second kappa shape index (κ2) is 5.83. The number of ether oxygens (including phenoxy) is 3. The molecule has 1 heterocycles. The van der Waals surface area contributed by atoms with Gasteiger partial charge in [-0.2, -0.15) is 5.26 Å². The van der Waals surface area contributed by atoms with E-state index in [-0.39, 0.29) is 12.5 Å². The highest BCUT2D eigenvalue weighted by atomic mass is 16.6. The zero-order chi connectivity index (χ0) is 15.5. The van der Waals surface area contributed by atoms with Gasteiger partial charge < -0.3 is 14.2 Å². The number of esters is 1. The van der Waals surface area contributed by atoms with E-state index in [4.69, 9.17) is 14.2 Å². The van der Waals surface area contributed by atoms with Crippen LogP contribution in [-0.2, 0) is 14.3 Å². The summed E-state index contributed by atoms with van der Waals surface area (Å²) in [6.45, 7) is 3.44. The lowest BCUT2D eigenvalue weighted by Crippen LogP contribution is -2.44. The Labute approximate surface area is 123 Å². The lowest BCUT2D eigenvalue weighted by molar-refractivity contribution is -0.158. The van der Waals surface area contributed by atoms with Gasteiger partial charge in [-0.25, -0.2) is 9.79 Å². The first-order valence-corrected chi connectivity index (χ1v) is 6.53. The average molecular weight is 288 g/mol. The van der Waals surface area contributed by atoms with Gasteiger partial charge in [0.15, 0.2) is 5.90 Å². The highest BCUT2D eigenvalue weighted by Gasteiger charge is 2.55. The van der Waals surface area contributed by atoms with Crippen LogP contribution in [0.3, 0.4) is 0 Å². The summed E-state index contributed by atoms with van der Waals surface area (Å²) >= 11 is 0. The summed E-state index contributed by atoms with van der Waals surface area (Å²) in [6, 6.07) is 8.18. The van der Waals surface area contributed by atoms with Crippen LogP contribution in [0.4, 0.5) is 0 Å². The minimum atomic E-state index is -1.79. The quantitative estimate of drug-likeness (QED) is 0.792. The van der Waals surface area contributed by atoms with E-state index in [2.05, 4.69) is 4.99 Å². The molecule has 0 fully saturated rings. The summed E-state index contributed by atoms with van der Waals surface area (Å²) in [6.07, 6.45) is 0. The first-order chi connectivity index (χ1) is 10.1. The Kier molecular flexibility index (Phi) is 4.13. The summed E-state index contributed by atoms with van der Waals surface area (Å²) in [5.41, 5.74) is -1.13. The van der Waals surface area contributed by atoms with Crippen molar-refractivity contribution in [3.05, 3.63) is 29.8 Å². The van der Waals surface area contributed by atoms with Crippen LogP contribution in [0.2, 0.25) is 0 Å². The number of aliphatic imine (C=N–C) groups is 1. The molecule has 110 valence electrons. The van der Waals surface area contributed by atoms with Crippen molar-refractivity contribution in [3.8, 4) is 11.8 Å². The van der Waals surface area contributed by atoms with Gasteiger partial charge in [0.1, 0.15) is 17.9 Å². The van der Waals surface area contributed by atoms with Crippen molar-refractivity contribution >= 4 is 11.9 Å². The zero-order valence-corrected chi connectivity index (χ0v) is 12.1. The first-order valence-electron chi connectivity index (χ1n) is 6.53. The maximum Gasteiger partial charge on any atom is 0.368 e. The van der Waals surface area contributed by atoms with Gasteiger partial charge in [-0.05, 0) is 24.6 Å². The summed E-state index contributed by atoms with van der Waals surface area (Å²) in [5, 5.41) is 9.51. The van der Waals surface area contributed by atoms with Crippen molar-refractivity contribution in [1.82, 2.24) is 0 Å². The van der Waals surface area contributed by atoms with Crippen LogP contribution in [0.5, 0.6) is 5.75 Å². The Morgan fingerprint density at radius 1 is 1.57 bits per heavy atom. The smallest absolute Gasteiger partial charge is 0.368 e. The molecule has 2 unspecified atom stereocenters. The van der Waals surface area contributed by atoms with E-state index in [1.165, 1.54) is 0 Å². The number of nitrogens with zero attached hydrogens (tertiary/aromatic N) is 2. The van der Waals surface area contributed by atoms with Gasteiger partial charge in [0.25, 0.3) is 0 Å². The molecular weight excluding hydrogens is 272 g/mol. The molecule has 0 aromatic heterocycles. The third kappa shape index (κ3) is 2.55. The van der Waals surface area contributed by atoms with E-state index < -0.39 is 17.6 Å². The van der Waals surface area contributed by atoms with Crippen LogP contribution in [0, 0.1) is 11.3 Å². The minimum Gasteiger partial charge on any atom is -0.497 e. The largest absolute Gasteiger partial charge is 0.497 e. The number of hydrogen-bond acceptors (Lipinski definition) is 6. The van der Waals surface area contributed by atoms with Crippen molar-refractivity contribution in [1.29, 1.82) is 5.26 Å². The van der Waals surface area contributed by atoms with Crippen molar-refractivity contribution in [2.24, 2.45) is 4.99 Å². The average Bonchev–Trinajstić information content (AvgIpc) is 2.85. The summed E-state index contributed by atoms with van der Waals surface area (Å²) in [7, 11) is 1.54. The Morgan fingerprint density at radius 3 is 2.95 bits per heavy atom. The van der Waals surface area contributed by atoms with Gasteiger partial charge >= 0.3 is 11.6 Å². The second-order valence-corrected chi connectivity index (χ2v) is 4.50. The fourth-order valence-corrected chi connectivity index (χ4v) is 2.23. The van der Waals surface area contributed by atoms with E-state index in [0.29, 0.717) is 11.3 Å². The van der Waals surface area contributed by atoms with Gasteiger partial charge in [-0.1, -0.05) is 12.1 Å². The molecule has 0 N–H and O–H groups in total. The predicted molar refractivity (Wildman–Crippen MR) is 74.9 cm³/mol. The van der Waals surface area contributed by atoms with E-state index in [1.54, 1.807) is 45.2 Å². The topological polar surface area (TPSA) is 80.9 Å². The molecule has 0 bridgehead atoms. The van der Waals surface area contributed by atoms with Crippen molar-refractivity contribution in [2.75, 3.05) is 13.7 Å². The van der Waals surface area contributed by atoms with Gasteiger partial charge in [0.2, 0.25) is 0 Å². The Morgan fingerprint density at radius 2 is 2.33 bits per heavy atom. The van der Waals surface area contributed by atoms with Crippen molar-refractivity contribution in [3.63, 3.8) is 0 Å².